The Bertz CT molecular complexity index is 477. The second-order valence-electron chi connectivity index (χ2n) is 5.47. The third-order valence-corrected chi connectivity index (χ3v) is 4.90. The molecule has 2 fully saturated rings. The molecule has 1 aromatic carbocycles. The van der Waals surface area contributed by atoms with Crippen molar-refractivity contribution in [3.05, 3.63) is 34.3 Å². The van der Waals surface area contributed by atoms with E-state index in [-0.39, 0.29) is 5.78 Å². The largest absolute Gasteiger partial charge is 0.298 e. The SMILES string of the molecule is O=C(CN1CCN2CCCC2C1)c1ccccc1Br. The second-order valence-corrected chi connectivity index (χ2v) is 6.32. The molecule has 102 valence electrons. The Labute approximate surface area is 122 Å². The highest BCUT2D eigenvalue weighted by molar-refractivity contribution is 9.10. The molecule has 4 heteroatoms. The number of hydrogen-bond donors (Lipinski definition) is 0. The number of rotatable bonds is 3. The summed E-state index contributed by atoms with van der Waals surface area (Å²) < 4.78 is 0.902. The summed E-state index contributed by atoms with van der Waals surface area (Å²) in [4.78, 5) is 17.2. The number of halogens is 1. The Balaban J connectivity index is 1.62. The van der Waals surface area contributed by atoms with Crippen LogP contribution in [-0.4, -0.2) is 54.3 Å². The number of Topliss-reactive ketones (excluding diaryl/α,β-unsaturated/α-hetero) is 1. The molecule has 2 heterocycles. The zero-order valence-corrected chi connectivity index (χ0v) is 12.6. The molecule has 0 saturated carbocycles. The quantitative estimate of drug-likeness (QED) is 0.798. The Morgan fingerprint density at radius 3 is 2.95 bits per heavy atom. The molecular weight excluding hydrogens is 304 g/mol. The first kappa shape index (κ1) is 13.3. The average Bonchev–Trinajstić information content (AvgIpc) is 2.86. The Morgan fingerprint density at radius 1 is 1.26 bits per heavy atom. The van der Waals surface area contributed by atoms with E-state index in [4.69, 9.17) is 0 Å². The van der Waals surface area contributed by atoms with E-state index in [0.29, 0.717) is 12.6 Å². The van der Waals surface area contributed by atoms with Gasteiger partial charge in [-0.25, -0.2) is 0 Å². The first-order valence-electron chi connectivity index (χ1n) is 6.98. The van der Waals surface area contributed by atoms with E-state index in [1.807, 2.05) is 24.3 Å². The third kappa shape index (κ3) is 2.91. The van der Waals surface area contributed by atoms with Crippen LogP contribution in [0.5, 0.6) is 0 Å². The molecule has 2 saturated heterocycles. The standard InChI is InChI=1S/C15H19BrN2O/c16-14-6-2-1-5-13(14)15(19)11-17-8-9-18-7-3-4-12(18)10-17/h1-2,5-6,12H,3-4,7-11H2. The van der Waals surface area contributed by atoms with Crippen LogP contribution in [0.25, 0.3) is 0 Å². The summed E-state index contributed by atoms with van der Waals surface area (Å²) >= 11 is 3.46. The zero-order valence-electron chi connectivity index (χ0n) is 11.0. The van der Waals surface area contributed by atoms with Crippen molar-refractivity contribution in [2.75, 3.05) is 32.7 Å². The molecule has 2 aliphatic heterocycles. The van der Waals surface area contributed by atoms with Crippen molar-refractivity contribution in [3.63, 3.8) is 0 Å². The summed E-state index contributed by atoms with van der Waals surface area (Å²) in [6.45, 7) is 4.99. The molecular formula is C15H19BrN2O. The van der Waals surface area contributed by atoms with E-state index >= 15 is 0 Å². The van der Waals surface area contributed by atoms with Gasteiger partial charge in [0.1, 0.15) is 0 Å². The molecule has 2 aliphatic rings. The first-order chi connectivity index (χ1) is 9.24. The lowest BCUT2D eigenvalue weighted by atomic mass is 10.1. The summed E-state index contributed by atoms with van der Waals surface area (Å²) in [5, 5.41) is 0. The fourth-order valence-corrected chi connectivity index (χ4v) is 3.68. The number of carbonyl (C=O) groups excluding carboxylic acids is 1. The third-order valence-electron chi connectivity index (χ3n) is 4.21. The van der Waals surface area contributed by atoms with E-state index in [2.05, 4.69) is 25.7 Å². The monoisotopic (exact) mass is 322 g/mol. The molecule has 0 spiro atoms. The van der Waals surface area contributed by atoms with Gasteiger partial charge in [-0.05, 0) is 25.5 Å². The van der Waals surface area contributed by atoms with Crippen molar-refractivity contribution in [1.82, 2.24) is 9.80 Å². The Kier molecular flexibility index (Phi) is 4.01. The lowest BCUT2D eigenvalue weighted by molar-refractivity contribution is 0.0783. The van der Waals surface area contributed by atoms with E-state index in [9.17, 15) is 4.79 Å². The molecule has 0 radical (unpaired) electrons. The summed E-state index contributed by atoms with van der Waals surface area (Å²) in [7, 11) is 0. The van der Waals surface area contributed by atoms with E-state index < -0.39 is 0 Å². The fraction of sp³-hybridized carbons (Fsp3) is 0.533. The topological polar surface area (TPSA) is 23.6 Å². The zero-order chi connectivity index (χ0) is 13.2. The van der Waals surface area contributed by atoms with Crippen LogP contribution >= 0.6 is 15.9 Å². The number of carbonyl (C=O) groups is 1. The van der Waals surface area contributed by atoms with Crippen LogP contribution in [0, 0.1) is 0 Å². The van der Waals surface area contributed by atoms with E-state index in [1.165, 1.54) is 19.4 Å². The molecule has 1 atom stereocenters. The van der Waals surface area contributed by atoms with Gasteiger partial charge in [0.15, 0.2) is 5.78 Å². The number of ketones is 1. The smallest absolute Gasteiger partial charge is 0.177 e. The van der Waals surface area contributed by atoms with Gasteiger partial charge in [0.25, 0.3) is 0 Å². The molecule has 0 aliphatic carbocycles. The molecule has 0 aromatic heterocycles. The lowest BCUT2D eigenvalue weighted by Gasteiger charge is -2.37. The van der Waals surface area contributed by atoms with Crippen molar-refractivity contribution in [3.8, 4) is 0 Å². The highest BCUT2D eigenvalue weighted by Gasteiger charge is 2.31. The molecule has 3 nitrogen and oxygen atoms in total. The maximum Gasteiger partial charge on any atom is 0.177 e. The van der Waals surface area contributed by atoms with Crippen molar-refractivity contribution in [1.29, 1.82) is 0 Å². The predicted octanol–water partition coefficient (Wildman–Crippen LogP) is 2.41. The summed E-state index contributed by atoms with van der Waals surface area (Å²) in [6, 6.07) is 8.38. The van der Waals surface area contributed by atoms with Gasteiger partial charge in [-0.3, -0.25) is 14.6 Å². The molecule has 1 aromatic rings. The first-order valence-corrected chi connectivity index (χ1v) is 7.77. The van der Waals surface area contributed by atoms with Gasteiger partial charge in [0.2, 0.25) is 0 Å². The number of hydrogen-bond acceptors (Lipinski definition) is 3. The van der Waals surface area contributed by atoms with E-state index in [1.54, 1.807) is 0 Å². The van der Waals surface area contributed by atoms with Crippen LogP contribution in [0.3, 0.4) is 0 Å². The van der Waals surface area contributed by atoms with Gasteiger partial charge in [0, 0.05) is 35.7 Å². The van der Waals surface area contributed by atoms with Gasteiger partial charge >= 0.3 is 0 Å². The summed E-state index contributed by atoms with van der Waals surface area (Å²) in [5.74, 6) is 0.221. The number of piperazine rings is 1. The summed E-state index contributed by atoms with van der Waals surface area (Å²) in [5.41, 5.74) is 0.802. The highest BCUT2D eigenvalue weighted by atomic mass is 79.9. The van der Waals surface area contributed by atoms with Crippen LogP contribution in [0.1, 0.15) is 23.2 Å². The predicted molar refractivity (Wildman–Crippen MR) is 79.5 cm³/mol. The number of nitrogens with zero attached hydrogens (tertiary/aromatic N) is 2. The van der Waals surface area contributed by atoms with Crippen LogP contribution in [0.2, 0.25) is 0 Å². The average molecular weight is 323 g/mol. The van der Waals surface area contributed by atoms with Gasteiger partial charge in [0.05, 0.1) is 6.54 Å². The second kappa shape index (κ2) is 5.73. The maximum absolute atomic E-state index is 12.3. The molecule has 0 N–H and O–H groups in total. The van der Waals surface area contributed by atoms with Crippen LogP contribution in [0.15, 0.2) is 28.7 Å². The Morgan fingerprint density at radius 2 is 2.11 bits per heavy atom. The van der Waals surface area contributed by atoms with Gasteiger partial charge < -0.3 is 0 Å². The molecule has 19 heavy (non-hydrogen) atoms. The minimum absolute atomic E-state index is 0.221. The van der Waals surface area contributed by atoms with Crippen LogP contribution in [0.4, 0.5) is 0 Å². The Hall–Kier alpha value is -0.710. The minimum atomic E-state index is 0.221. The maximum atomic E-state index is 12.3. The minimum Gasteiger partial charge on any atom is -0.298 e. The van der Waals surface area contributed by atoms with Crippen molar-refractivity contribution in [2.24, 2.45) is 0 Å². The normalized spacial score (nSPS) is 24.4. The van der Waals surface area contributed by atoms with Gasteiger partial charge in [-0.1, -0.05) is 34.1 Å². The van der Waals surface area contributed by atoms with Crippen molar-refractivity contribution < 1.29 is 4.79 Å². The fourth-order valence-electron chi connectivity index (χ4n) is 3.17. The number of benzene rings is 1. The van der Waals surface area contributed by atoms with Crippen molar-refractivity contribution >= 4 is 21.7 Å². The van der Waals surface area contributed by atoms with Crippen LogP contribution < -0.4 is 0 Å². The lowest BCUT2D eigenvalue weighted by Crippen LogP contribution is -2.51. The van der Waals surface area contributed by atoms with Crippen molar-refractivity contribution in [2.45, 2.75) is 18.9 Å². The molecule has 1 unspecified atom stereocenters. The molecule has 0 amide bonds. The van der Waals surface area contributed by atoms with Crippen LogP contribution in [-0.2, 0) is 0 Å². The number of fused-ring (bicyclic) bond motifs is 1. The molecule has 0 bridgehead atoms. The summed E-state index contributed by atoms with van der Waals surface area (Å²) in [6.07, 6.45) is 2.61. The molecule has 3 rings (SSSR count). The highest BCUT2D eigenvalue weighted by Crippen LogP contribution is 2.22. The van der Waals surface area contributed by atoms with E-state index in [0.717, 1.165) is 29.7 Å². The van der Waals surface area contributed by atoms with Gasteiger partial charge in [-0.15, -0.1) is 0 Å². The van der Waals surface area contributed by atoms with Gasteiger partial charge in [-0.2, -0.15) is 0 Å².